The van der Waals surface area contributed by atoms with Gasteiger partial charge in [-0.15, -0.1) is 0 Å². The van der Waals surface area contributed by atoms with Crippen LogP contribution < -0.4 is 10.6 Å². The van der Waals surface area contributed by atoms with Crippen molar-refractivity contribution < 1.29 is 4.79 Å². The number of nitrogens with zero attached hydrogens (tertiary/aromatic N) is 2. The predicted octanol–water partition coefficient (Wildman–Crippen LogP) is 2.55. The van der Waals surface area contributed by atoms with Crippen LogP contribution in [0.3, 0.4) is 0 Å². The molecule has 0 bridgehead atoms. The Hall–Kier alpha value is -2.40. The highest BCUT2D eigenvalue weighted by Crippen LogP contribution is 2.18. The lowest BCUT2D eigenvalue weighted by molar-refractivity contribution is 0.0946. The quantitative estimate of drug-likeness (QED) is 0.825. The maximum absolute atomic E-state index is 12.1. The Morgan fingerprint density at radius 1 is 1.22 bits per heavy atom. The zero-order chi connectivity index (χ0) is 16.7. The van der Waals surface area contributed by atoms with Gasteiger partial charge in [0.1, 0.15) is 5.69 Å². The van der Waals surface area contributed by atoms with E-state index in [0.29, 0.717) is 12.2 Å². The number of pyridine rings is 1. The van der Waals surface area contributed by atoms with Crippen molar-refractivity contribution in [2.45, 2.75) is 13.0 Å². The third-order valence-electron chi connectivity index (χ3n) is 3.52. The number of hydrogen-bond donors (Lipinski definition) is 2. The number of carbonyl (C=O) groups is 1. The number of hydrogen-bond acceptors (Lipinski definition) is 4. The molecule has 1 amide bonds. The summed E-state index contributed by atoms with van der Waals surface area (Å²) in [5.41, 5.74) is 2.50. The third-order valence-corrected chi connectivity index (χ3v) is 3.52. The van der Waals surface area contributed by atoms with Gasteiger partial charge in [-0.1, -0.05) is 30.3 Å². The zero-order valence-corrected chi connectivity index (χ0v) is 13.9. The molecular formula is C18H24N4O. The number of benzene rings is 1. The first-order chi connectivity index (χ1) is 11.1. The highest BCUT2D eigenvalue weighted by Gasteiger charge is 2.09. The second-order valence-electron chi connectivity index (χ2n) is 5.77. The number of aromatic nitrogens is 1. The standard InChI is InChI=1S/C18H24N4O/c1-14(15-7-5-4-6-8-15)21-16-9-10-19-17(13-16)18(23)20-11-12-22(2)3/h4-10,13-14H,11-12H2,1-3H3,(H,19,21)(H,20,23). The van der Waals surface area contributed by atoms with Gasteiger partial charge in [-0.25, -0.2) is 0 Å². The Bertz CT molecular complexity index is 628. The molecule has 0 spiro atoms. The molecular weight excluding hydrogens is 288 g/mol. The molecule has 0 radical (unpaired) electrons. The Morgan fingerprint density at radius 3 is 2.65 bits per heavy atom. The van der Waals surface area contributed by atoms with Gasteiger partial charge in [0, 0.05) is 31.0 Å². The molecule has 0 aliphatic carbocycles. The molecule has 0 saturated heterocycles. The minimum Gasteiger partial charge on any atom is -0.378 e. The third kappa shape index (κ3) is 5.38. The van der Waals surface area contributed by atoms with Gasteiger partial charge < -0.3 is 15.5 Å². The van der Waals surface area contributed by atoms with Crippen LogP contribution in [0.2, 0.25) is 0 Å². The summed E-state index contributed by atoms with van der Waals surface area (Å²) in [7, 11) is 3.94. The van der Waals surface area contributed by atoms with Crippen LogP contribution in [-0.4, -0.2) is 43.0 Å². The van der Waals surface area contributed by atoms with E-state index in [2.05, 4.69) is 34.7 Å². The fourth-order valence-electron chi connectivity index (χ4n) is 2.20. The van der Waals surface area contributed by atoms with Gasteiger partial charge in [0.2, 0.25) is 0 Å². The molecule has 0 aliphatic heterocycles. The molecule has 0 fully saturated rings. The van der Waals surface area contributed by atoms with Gasteiger partial charge in [0.25, 0.3) is 5.91 Å². The highest BCUT2D eigenvalue weighted by molar-refractivity contribution is 5.93. The minimum atomic E-state index is -0.150. The van der Waals surface area contributed by atoms with E-state index in [1.165, 1.54) is 5.56 Å². The molecule has 0 aliphatic rings. The molecule has 122 valence electrons. The second-order valence-corrected chi connectivity index (χ2v) is 5.77. The summed E-state index contributed by atoms with van der Waals surface area (Å²) >= 11 is 0. The van der Waals surface area contributed by atoms with Crippen molar-refractivity contribution in [2.24, 2.45) is 0 Å². The van der Waals surface area contributed by atoms with E-state index in [1.54, 1.807) is 12.3 Å². The molecule has 23 heavy (non-hydrogen) atoms. The average molecular weight is 312 g/mol. The van der Waals surface area contributed by atoms with Gasteiger partial charge >= 0.3 is 0 Å². The van der Waals surface area contributed by atoms with Gasteiger partial charge in [-0.2, -0.15) is 0 Å². The van der Waals surface area contributed by atoms with E-state index in [0.717, 1.165) is 12.2 Å². The van der Waals surface area contributed by atoms with E-state index < -0.39 is 0 Å². The van der Waals surface area contributed by atoms with Crippen LogP contribution >= 0.6 is 0 Å². The van der Waals surface area contributed by atoms with Gasteiger partial charge in [0.05, 0.1) is 0 Å². The second kappa shape index (κ2) is 8.29. The topological polar surface area (TPSA) is 57.3 Å². The van der Waals surface area contributed by atoms with Crippen molar-refractivity contribution in [1.82, 2.24) is 15.2 Å². The number of rotatable bonds is 7. The van der Waals surface area contributed by atoms with E-state index in [-0.39, 0.29) is 11.9 Å². The van der Waals surface area contributed by atoms with Crippen LogP contribution in [0.15, 0.2) is 48.7 Å². The van der Waals surface area contributed by atoms with Crippen LogP contribution in [0.5, 0.6) is 0 Å². The largest absolute Gasteiger partial charge is 0.378 e. The Kier molecular flexibility index (Phi) is 6.11. The summed E-state index contributed by atoms with van der Waals surface area (Å²) in [6.45, 7) is 3.49. The van der Waals surface area contributed by atoms with Crippen molar-refractivity contribution >= 4 is 11.6 Å². The smallest absolute Gasteiger partial charge is 0.269 e. The van der Waals surface area contributed by atoms with Crippen molar-refractivity contribution in [1.29, 1.82) is 0 Å². The van der Waals surface area contributed by atoms with Crippen LogP contribution in [0, 0.1) is 0 Å². The molecule has 1 heterocycles. The summed E-state index contributed by atoms with van der Waals surface area (Å²) in [4.78, 5) is 18.3. The molecule has 2 N–H and O–H groups in total. The number of nitrogens with one attached hydrogen (secondary N) is 2. The number of anilines is 1. The monoisotopic (exact) mass is 312 g/mol. The summed E-state index contributed by atoms with van der Waals surface area (Å²) in [6, 6.07) is 14.0. The predicted molar refractivity (Wildman–Crippen MR) is 93.6 cm³/mol. The summed E-state index contributed by atoms with van der Waals surface area (Å²) in [5.74, 6) is -0.150. The molecule has 5 heteroatoms. The van der Waals surface area contributed by atoms with Gasteiger partial charge in [0.15, 0.2) is 0 Å². The molecule has 1 aromatic heterocycles. The number of amides is 1. The van der Waals surface area contributed by atoms with Crippen LogP contribution in [0.1, 0.15) is 29.0 Å². The van der Waals surface area contributed by atoms with Crippen LogP contribution in [-0.2, 0) is 0 Å². The Morgan fingerprint density at radius 2 is 1.96 bits per heavy atom. The SMILES string of the molecule is CC(Nc1ccnc(C(=O)NCCN(C)C)c1)c1ccccc1. The number of likely N-dealkylation sites (N-methyl/N-ethyl adjacent to an activating group) is 1. The summed E-state index contributed by atoms with van der Waals surface area (Å²) < 4.78 is 0. The molecule has 1 unspecified atom stereocenters. The fourth-order valence-corrected chi connectivity index (χ4v) is 2.20. The lowest BCUT2D eigenvalue weighted by atomic mass is 10.1. The van der Waals surface area contributed by atoms with Crippen molar-refractivity contribution in [3.8, 4) is 0 Å². The van der Waals surface area contributed by atoms with E-state index in [9.17, 15) is 4.79 Å². The minimum absolute atomic E-state index is 0.150. The first kappa shape index (κ1) is 17.0. The van der Waals surface area contributed by atoms with E-state index >= 15 is 0 Å². The van der Waals surface area contributed by atoms with Gasteiger partial charge in [-0.3, -0.25) is 9.78 Å². The Labute approximate surface area is 137 Å². The zero-order valence-electron chi connectivity index (χ0n) is 13.9. The number of carbonyl (C=O) groups excluding carboxylic acids is 1. The molecule has 5 nitrogen and oxygen atoms in total. The molecule has 0 saturated carbocycles. The summed E-state index contributed by atoms with van der Waals surface area (Å²) in [5, 5.41) is 6.27. The van der Waals surface area contributed by atoms with Crippen molar-refractivity contribution in [3.05, 3.63) is 59.9 Å². The molecule has 2 rings (SSSR count). The maximum Gasteiger partial charge on any atom is 0.269 e. The van der Waals surface area contributed by atoms with Gasteiger partial charge in [-0.05, 0) is 38.7 Å². The van der Waals surface area contributed by atoms with Crippen LogP contribution in [0.4, 0.5) is 5.69 Å². The van der Waals surface area contributed by atoms with Crippen LogP contribution in [0.25, 0.3) is 0 Å². The molecule has 1 atom stereocenters. The lowest BCUT2D eigenvalue weighted by Gasteiger charge is -2.16. The molecule has 1 aromatic carbocycles. The lowest BCUT2D eigenvalue weighted by Crippen LogP contribution is -2.31. The normalized spacial score (nSPS) is 12.0. The highest BCUT2D eigenvalue weighted by atomic mass is 16.1. The van der Waals surface area contributed by atoms with Crippen molar-refractivity contribution in [2.75, 3.05) is 32.5 Å². The fraction of sp³-hybridized carbons (Fsp3) is 0.333. The maximum atomic E-state index is 12.1. The summed E-state index contributed by atoms with van der Waals surface area (Å²) in [6.07, 6.45) is 1.65. The Balaban J connectivity index is 1.98. The average Bonchev–Trinajstić information content (AvgIpc) is 2.55. The van der Waals surface area contributed by atoms with Crippen molar-refractivity contribution in [3.63, 3.8) is 0 Å². The first-order valence-electron chi connectivity index (χ1n) is 7.76. The molecule has 2 aromatic rings. The van der Waals surface area contributed by atoms with E-state index in [1.807, 2.05) is 43.3 Å². The van der Waals surface area contributed by atoms with E-state index in [4.69, 9.17) is 0 Å². The first-order valence-corrected chi connectivity index (χ1v) is 7.76.